The van der Waals surface area contributed by atoms with E-state index in [-0.39, 0.29) is 52.7 Å². The van der Waals surface area contributed by atoms with E-state index in [4.69, 9.17) is 15.9 Å². The summed E-state index contributed by atoms with van der Waals surface area (Å²) in [5.41, 5.74) is 4.21. The zero-order chi connectivity index (χ0) is 37.9. The van der Waals surface area contributed by atoms with Crippen LogP contribution < -0.4 is 15.8 Å². The lowest BCUT2D eigenvalue weighted by molar-refractivity contribution is -0.141. The molecule has 6 N–H and O–H groups in total. The third kappa shape index (κ3) is 8.78. The number of nitrogen functional groups attached to an aromatic ring is 1. The van der Waals surface area contributed by atoms with Gasteiger partial charge in [0.2, 0.25) is 5.82 Å². The Hall–Kier alpha value is -4.72. The van der Waals surface area contributed by atoms with Crippen LogP contribution in [0, 0.1) is 39.6 Å². The van der Waals surface area contributed by atoms with Gasteiger partial charge in [0, 0.05) is 24.4 Å². The highest BCUT2D eigenvalue weighted by atomic mass is 32.2. The summed E-state index contributed by atoms with van der Waals surface area (Å²) in [6.45, 7) is 7.02. The van der Waals surface area contributed by atoms with E-state index < -0.39 is 67.2 Å². The van der Waals surface area contributed by atoms with Crippen molar-refractivity contribution in [3.63, 3.8) is 0 Å². The van der Waals surface area contributed by atoms with E-state index in [1.54, 1.807) is 32.9 Å². The molecule has 0 fully saturated rings. The van der Waals surface area contributed by atoms with E-state index >= 15 is 8.78 Å². The Morgan fingerprint density at radius 3 is 2.49 bits per heavy atom. The molecule has 0 saturated carbocycles. The number of benzene rings is 3. The lowest BCUT2D eigenvalue weighted by Crippen LogP contribution is -2.34. The van der Waals surface area contributed by atoms with Crippen LogP contribution >= 0.6 is 0 Å². The van der Waals surface area contributed by atoms with Crippen molar-refractivity contribution < 1.29 is 36.2 Å². The highest BCUT2D eigenvalue weighted by Gasteiger charge is 2.35. The second-order valence-corrected chi connectivity index (χ2v) is 16.2. The number of carbonyl (C=O) groups is 1. The van der Waals surface area contributed by atoms with Crippen LogP contribution in [0.4, 0.5) is 18.9 Å². The molecule has 0 spiro atoms. The summed E-state index contributed by atoms with van der Waals surface area (Å²) >= 11 is 0. The van der Waals surface area contributed by atoms with Gasteiger partial charge in [0.1, 0.15) is 23.2 Å². The zero-order valence-electron chi connectivity index (χ0n) is 29.3. The van der Waals surface area contributed by atoms with E-state index in [0.717, 1.165) is 11.6 Å². The second-order valence-electron chi connectivity index (χ2n) is 14.0. The fourth-order valence-electron chi connectivity index (χ4n) is 6.43. The third-order valence-corrected chi connectivity index (χ3v) is 11.4. The first-order valence-corrected chi connectivity index (χ1v) is 18.3. The number of sulfone groups is 1. The zero-order valence-corrected chi connectivity index (χ0v) is 30.1. The highest BCUT2D eigenvalue weighted by Crippen LogP contribution is 2.39. The van der Waals surface area contributed by atoms with Gasteiger partial charge in [-0.25, -0.2) is 22.2 Å². The number of aliphatic imine (C=N–C) groups is 1. The number of halogens is 3. The number of amidine groups is 2. The SMILES string of the molecule is CN/C1=N\C(=N)[C@@](C)(c2cccc(C[C@H](C)C(=O)O)c2)CCCC(C)(C)CS(=O)(=O)CCc2c(C=N)c(N)c(F)c(F)c2Oc2ccc(F)c1c2. The first kappa shape index (κ1) is 39.1. The fraction of sp³-hybridized carbons (Fsp3) is 0.405. The van der Waals surface area contributed by atoms with Crippen molar-refractivity contribution in [1.82, 2.24) is 5.32 Å². The quantitative estimate of drug-likeness (QED) is 0.142. The van der Waals surface area contributed by atoms with Crippen LogP contribution in [0.1, 0.15) is 74.8 Å². The monoisotopic (exact) mass is 727 g/mol. The van der Waals surface area contributed by atoms with Crippen molar-refractivity contribution in [1.29, 1.82) is 10.8 Å². The third-order valence-electron chi connectivity index (χ3n) is 9.39. The van der Waals surface area contributed by atoms with Crippen LogP contribution in [-0.2, 0) is 32.9 Å². The Bertz CT molecular complexity index is 2000. The van der Waals surface area contributed by atoms with Crippen LogP contribution in [0.2, 0.25) is 0 Å². The van der Waals surface area contributed by atoms with Gasteiger partial charge in [-0.2, -0.15) is 4.39 Å². The summed E-state index contributed by atoms with van der Waals surface area (Å²) in [6.07, 6.45) is 1.84. The summed E-state index contributed by atoms with van der Waals surface area (Å²) in [6, 6.07) is 10.6. The first-order chi connectivity index (χ1) is 23.8. The van der Waals surface area contributed by atoms with Gasteiger partial charge < -0.3 is 26.3 Å². The largest absolute Gasteiger partial charge is 0.481 e. The van der Waals surface area contributed by atoms with Crippen LogP contribution in [-0.4, -0.2) is 55.9 Å². The maximum absolute atomic E-state index is 15.5. The predicted molar refractivity (Wildman–Crippen MR) is 193 cm³/mol. The van der Waals surface area contributed by atoms with Crippen molar-refractivity contribution in [2.24, 2.45) is 16.3 Å². The van der Waals surface area contributed by atoms with Gasteiger partial charge in [0.05, 0.1) is 34.1 Å². The smallest absolute Gasteiger partial charge is 0.306 e. The van der Waals surface area contributed by atoms with E-state index in [2.05, 4.69) is 10.3 Å². The number of rotatable bonds is 5. The molecule has 0 saturated heterocycles. The van der Waals surface area contributed by atoms with Crippen LogP contribution in [0.5, 0.6) is 11.5 Å². The normalized spacial score (nSPS) is 21.1. The van der Waals surface area contributed by atoms with Gasteiger partial charge in [-0.3, -0.25) is 10.2 Å². The lowest BCUT2D eigenvalue weighted by Gasteiger charge is -2.32. The molecule has 4 rings (SSSR count). The Morgan fingerprint density at radius 1 is 1.14 bits per heavy atom. The molecule has 0 unspecified atom stereocenters. The Labute approximate surface area is 296 Å². The molecule has 3 aromatic rings. The molecule has 1 aliphatic rings. The molecule has 3 aromatic carbocycles. The van der Waals surface area contributed by atoms with Crippen molar-refractivity contribution in [2.75, 3.05) is 24.3 Å². The number of ether oxygens (including phenoxy) is 1. The van der Waals surface area contributed by atoms with E-state index in [9.17, 15) is 28.1 Å². The Balaban J connectivity index is 1.92. The minimum Gasteiger partial charge on any atom is -0.481 e. The number of aliphatic carboxylic acids is 1. The Morgan fingerprint density at radius 2 is 1.84 bits per heavy atom. The summed E-state index contributed by atoms with van der Waals surface area (Å²) in [7, 11) is -2.33. The lowest BCUT2D eigenvalue weighted by atomic mass is 9.74. The summed E-state index contributed by atoms with van der Waals surface area (Å²) < 4.78 is 78.8. The molecule has 0 aromatic heterocycles. The molecule has 10 nitrogen and oxygen atoms in total. The summed E-state index contributed by atoms with van der Waals surface area (Å²) in [4.78, 5) is 16.1. The molecule has 1 heterocycles. The molecule has 0 radical (unpaired) electrons. The average Bonchev–Trinajstić information content (AvgIpc) is 3.06. The first-order valence-electron chi connectivity index (χ1n) is 16.5. The molecular formula is C37H44F3N5O5S. The molecule has 1 aliphatic heterocycles. The molecule has 0 amide bonds. The van der Waals surface area contributed by atoms with Gasteiger partial charge >= 0.3 is 5.97 Å². The van der Waals surface area contributed by atoms with Gasteiger partial charge in [0.25, 0.3) is 0 Å². The number of nitrogens with one attached hydrogen (secondary N) is 3. The van der Waals surface area contributed by atoms with Gasteiger partial charge in [-0.05, 0) is 67.3 Å². The van der Waals surface area contributed by atoms with Crippen molar-refractivity contribution >= 4 is 39.4 Å². The van der Waals surface area contributed by atoms with Crippen molar-refractivity contribution in [3.8, 4) is 11.5 Å². The molecule has 14 heteroatoms. The molecule has 0 aliphatic carbocycles. The number of nitrogens with two attached hydrogens (primary N) is 1. The van der Waals surface area contributed by atoms with Gasteiger partial charge in [0.15, 0.2) is 21.4 Å². The molecule has 51 heavy (non-hydrogen) atoms. The molecular weight excluding hydrogens is 683 g/mol. The summed E-state index contributed by atoms with van der Waals surface area (Å²) in [5.74, 6) is -7.11. The highest BCUT2D eigenvalue weighted by molar-refractivity contribution is 7.91. The predicted octanol–water partition coefficient (Wildman–Crippen LogP) is 6.81. The molecule has 2 atom stereocenters. The average molecular weight is 728 g/mol. The number of carboxylic acids is 1. The number of nitrogens with zero attached hydrogens (tertiary/aromatic N) is 1. The van der Waals surface area contributed by atoms with E-state index in [1.165, 1.54) is 19.2 Å². The van der Waals surface area contributed by atoms with Crippen LogP contribution in [0.3, 0.4) is 0 Å². The van der Waals surface area contributed by atoms with E-state index in [0.29, 0.717) is 31.0 Å². The number of fused-ring (bicyclic) bond motifs is 3. The maximum Gasteiger partial charge on any atom is 0.306 e. The standard InChI is InChI=1S/C37H44F3N5O5S/c1-21(34(46)47)16-22-8-6-9-23(17-22)37(4)14-7-13-36(2,3)20-51(48,49)15-12-25-27(19-41)31(42)29(39)30(40)32(25)50-24-10-11-28(38)26(18-24)33(44-5)45-35(37)43/h6,8-11,17-19,21,41H,7,12-16,20,42H2,1-5H3,(H,46,47)(H2,43,44,45)/t21-,37+/m0/s1. The fourth-order valence-corrected chi connectivity index (χ4v) is 8.42. The van der Waals surface area contributed by atoms with Crippen molar-refractivity contribution in [2.45, 2.75) is 65.2 Å². The molecule has 274 valence electrons. The number of anilines is 1. The van der Waals surface area contributed by atoms with Crippen LogP contribution in [0.15, 0.2) is 47.5 Å². The number of hydrogen-bond donors (Lipinski definition) is 5. The topological polar surface area (TPSA) is 179 Å². The Kier molecular flexibility index (Phi) is 11.7. The maximum atomic E-state index is 15.5. The minimum atomic E-state index is -3.82. The summed E-state index contributed by atoms with van der Waals surface area (Å²) in [5, 5.41) is 29.5. The van der Waals surface area contributed by atoms with E-state index in [1.807, 2.05) is 19.1 Å². The van der Waals surface area contributed by atoms with Crippen LogP contribution in [0.25, 0.3) is 0 Å². The number of hydrogen-bond acceptors (Lipinski definition) is 8. The second kappa shape index (κ2) is 15.3. The minimum absolute atomic E-state index is 0.0540. The van der Waals surface area contributed by atoms with Gasteiger partial charge in [-0.1, -0.05) is 51.5 Å². The van der Waals surface area contributed by atoms with Gasteiger partial charge in [-0.15, -0.1) is 0 Å². The van der Waals surface area contributed by atoms with Crippen molar-refractivity contribution in [3.05, 3.63) is 87.7 Å². The number of carboxylic acid groups (broad SMARTS) is 1. The molecule has 2 bridgehead atoms.